The van der Waals surface area contributed by atoms with Gasteiger partial charge in [0.25, 0.3) is 0 Å². The summed E-state index contributed by atoms with van der Waals surface area (Å²) in [6, 6.07) is 17.3. The van der Waals surface area contributed by atoms with Crippen molar-refractivity contribution in [1.82, 2.24) is 4.90 Å². The average molecular weight is 336 g/mol. The Hall–Kier alpha value is -2.13. The molecule has 2 aromatic rings. The van der Waals surface area contributed by atoms with Gasteiger partial charge in [-0.05, 0) is 42.4 Å². The molecular formula is C22H28N2O. The van der Waals surface area contributed by atoms with Crippen LogP contribution >= 0.6 is 0 Å². The fourth-order valence-electron chi connectivity index (χ4n) is 3.34. The molecule has 0 heterocycles. The van der Waals surface area contributed by atoms with Crippen LogP contribution in [0.15, 0.2) is 48.5 Å². The molecule has 0 aliphatic heterocycles. The van der Waals surface area contributed by atoms with E-state index in [1.807, 2.05) is 6.07 Å². The van der Waals surface area contributed by atoms with E-state index in [1.54, 1.807) is 0 Å². The van der Waals surface area contributed by atoms with E-state index in [2.05, 4.69) is 66.5 Å². The SMILES string of the molecule is CCc1cccc(CC)c1NC(=O)CN(Cc1ccccc1)C1CC1. The third-order valence-electron chi connectivity index (χ3n) is 4.90. The highest BCUT2D eigenvalue weighted by Gasteiger charge is 2.30. The molecule has 1 amide bonds. The number of hydrogen-bond donors (Lipinski definition) is 1. The molecule has 3 rings (SSSR count). The highest BCUT2D eigenvalue weighted by molar-refractivity contribution is 5.93. The van der Waals surface area contributed by atoms with Crippen molar-refractivity contribution in [3.05, 3.63) is 65.2 Å². The molecule has 1 aliphatic rings. The Balaban J connectivity index is 1.68. The van der Waals surface area contributed by atoms with Crippen molar-refractivity contribution in [2.24, 2.45) is 0 Å². The van der Waals surface area contributed by atoms with Crippen LogP contribution in [0.2, 0.25) is 0 Å². The Morgan fingerprint density at radius 3 is 2.20 bits per heavy atom. The third-order valence-corrected chi connectivity index (χ3v) is 4.90. The number of hydrogen-bond acceptors (Lipinski definition) is 2. The molecular weight excluding hydrogens is 308 g/mol. The zero-order valence-corrected chi connectivity index (χ0v) is 15.3. The van der Waals surface area contributed by atoms with Gasteiger partial charge in [-0.3, -0.25) is 9.69 Å². The summed E-state index contributed by atoms with van der Waals surface area (Å²) >= 11 is 0. The van der Waals surface area contributed by atoms with Crippen LogP contribution in [0.1, 0.15) is 43.4 Å². The fraction of sp³-hybridized carbons (Fsp3) is 0.409. The molecule has 1 saturated carbocycles. The Kier molecular flexibility index (Phi) is 5.87. The van der Waals surface area contributed by atoms with Gasteiger partial charge in [-0.25, -0.2) is 0 Å². The Morgan fingerprint density at radius 2 is 1.64 bits per heavy atom. The van der Waals surface area contributed by atoms with Crippen LogP contribution in [0.25, 0.3) is 0 Å². The number of nitrogens with zero attached hydrogens (tertiary/aromatic N) is 1. The predicted octanol–water partition coefficient (Wildman–Crippen LogP) is 4.41. The number of amides is 1. The topological polar surface area (TPSA) is 32.3 Å². The number of para-hydroxylation sites is 1. The predicted molar refractivity (Wildman–Crippen MR) is 104 cm³/mol. The van der Waals surface area contributed by atoms with Gasteiger partial charge in [0.15, 0.2) is 0 Å². The maximum atomic E-state index is 12.7. The molecule has 3 heteroatoms. The second-order valence-electron chi connectivity index (χ2n) is 6.83. The maximum absolute atomic E-state index is 12.7. The summed E-state index contributed by atoms with van der Waals surface area (Å²) in [6.45, 7) is 5.57. The van der Waals surface area contributed by atoms with Gasteiger partial charge in [0, 0.05) is 18.3 Å². The van der Waals surface area contributed by atoms with Gasteiger partial charge in [-0.1, -0.05) is 62.4 Å². The van der Waals surface area contributed by atoms with Crippen LogP contribution in [-0.4, -0.2) is 23.4 Å². The van der Waals surface area contributed by atoms with Gasteiger partial charge in [-0.2, -0.15) is 0 Å². The standard InChI is InChI=1S/C22H28N2O/c1-3-18-11-8-12-19(4-2)22(18)23-21(25)16-24(20-13-14-20)15-17-9-6-5-7-10-17/h5-12,20H,3-4,13-16H2,1-2H3,(H,23,25). The van der Waals surface area contributed by atoms with Gasteiger partial charge in [0.05, 0.1) is 6.54 Å². The molecule has 132 valence electrons. The summed E-state index contributed by atoms with van der Waals surface area (Å²) in [5.41, 5.74) is 4.72. The average Bonchev–Trinajstić information content (AvgIpc) is 3.47. The van der Waals surface area contributed by atoms with Gasteiger partial charge in [-0.15, -0.1) is 0 Å². The highest BCUT2D eigenvalue weighted by Crippen LogP contribution is 2.28. The smallest absolute Gasteiger partial charge is 0.238 e. The van der Waals surface area contributed by atoms with Crippen molar-refractivity contribution in [1.29, 1.82) is 0 Å². The van der Waals surface area contributed by atoms with Crippen LogP contribution in [0.5, 0.6) is 0 Å². The summed E-state index contributed by atoms with van der Waals surface area (Å²) in [6.07, 6.45) is 4.26. The minimum absolute atomic E-state index is 0.0958. The molecule has 0 unspecified atom stereocenters. The second-order valence-corrected chi connectivity index (χ2v) is 6.83. The van der Waals surface area contributed by atoms with Gasteiger partial charge in [0.1, 0.15) is 0 Å². The van der Waals surface area contributed by atoms with Gasteiger partial charge in [0.2, 0.25) is 5.91 Å². The maximum Gasteiger partial charge on any atom is 0.238 e. The number of anilines is 1. The molecule has 1 N–H and O–H groups in total. The second kappa shape index (κ2) is 8.30. The van der Waals surface area contributed by atoms with Crippen molar-refractivity contribution in [2.45, 2.75) is 52.1 Å². The molecule has 25 heavy (non-hydrogen) atoms. The molecule has 0 spiro atoms. The number of carbonyl (C=O) groups excluding carboxylic acids is 1. The zero-order chi connectivity index (χ0) is 17.6. The van der Waals surface area contributed by atoms with Crippen molar-refractivity contribution in [3.63, 3.8) is 0 Å². The zero-order valence-electron chi connectivity index (χ0n) is 15.3. The molecule has 0 radical (unpaired) electrons. The lowest BCUT2D eigenvalue weighted by Gasteiger charge is -2.22. The Morgan fingerprint density at radius 1 is 1.00 bits per heavy atom. The summed E-state index contributed by atoms with van der Waals surface area (Å²) in [5.74, 6) is 0.0958. The normalized spacial score (nSPS) is 13.9. The number of nitrogens with one attached hydrogen (secondary N) is 1. The summed E-state index contributed by atoms with van der Waals surface area (Å²) < 4.78 is 0. The molecule has 3 nitrogen and oxygen atoms in total. The van der Waals surface area contributed by atoms with E-state index in [0.29, 0.717) is 12.6 Å². The Bertz CT molecular complexity index is 685. The van der Waals surface area contributed by atoms with E-state index >= 15 is 0 Å². The van der Waals surface area contributed by atoms with Crippen LogP contribution < -0.4 is 5.32 Å². The van der Waals surface area contributed by atoms with Crippen LogP contribution in [0.3, 0.4) is 0 Å². The largest absolute Gasteiger partial charge is 0.324 e. The Labute approximate surface area is 151 Å². The summed E-state index contributed by atoms with van der Waals surface area (Å²) in [4.78, 5) is 15.0. The van der Waals surface area contributed by atoms with E-state index < -0.39 is 0 Å². The first-order valence-electron chi connectivity index (χ1n) is 9.39. The van der Waals surface area contributed by atoms with E-state index in [-0.39, 0.29) is 5.91 Å². The monoisotopic (exact) mass is 336 g/mol. The van der Waals surface area contributed by atoms with Gasteiger partial charge < -0.3 is 5.32 Å². The molecule has 0 bridgehead atoms. The van der Waals surface area contributed by atoms with E-state index in [9.17, 15) is 4.79 Å². The van der Waals surface area contributed by atoms with Gasteiger partial charge >= 0.3 is 0 Å². The number of aryl methyl sites for hydroxylation is 2. The van der Waals surface area contributed by atoms with Crippen LogP contribution in [0.4, 0.5) is 5.69 Å². The molecule has 1 fully saturated rings. The molecule has 2 aromatic carbocycles. The first-order valence-corrected chi connectivity index (χ1v) is 9.39. The first kappa shape index (κ1) is 17.7. The highest BCUT2D eigenvalue weighted by atomic mass is 16.2. The minimum atomic E-state index is 0.0958. The lowest BCUT2D eigenvalue weighted by Crippen LogP contribution is -2.34. The quantitative estimate of drug-likeness (QED) is 0.774. The van der Waals surface area contributed by atoms with E-state index in [4.69, 9.17) is 0 Å². The number of carbonyl (C=O) groups is 1. The first-order chi connectivity index (χ1) is 12.2. The van der Waals surface area contributed by atoms with Crippen LogP contribution in [-0.2, 0) is 24.2 Å². The van der Waals surface area contributed by atoms with Crippen LogP contribution in [0, 0.1) is 0 Å². The van der Waals surface area contributed by atoms with Crippen molar-refractivity contribution in [3.8, 4) is 0 Å². The van der Waals surface area contributed by atoms with Crippen molar-refractivity contribution < 1.29 is 4.79 Å². The number of rotatable bonds is 8. The minimum Gasteiger partial charge on any atom is -0.324 e. The van der Waals surface area contributed by atoms with E-state index in [1.165, 1.54) is 29.5 Å². The summed E-state index contributed by atoms with van der Waals surface area (Å²) in [7, 11) is 0. The molecule has 1 aliphatic carbocycles. The molecule has 0 atom stereocenters. The van der Waals surface area contributed by atoms with E-state index in [0.717, 1.165) is 25.1 Å². The summed E-state index contributed by atoms with van der Waals surface area (Å²) in [5, 5.41) is 3.20. The van der Waals surface area contributed by atoms with Crippen molar-refractivity contribution >= 4 is 11.6 Å². The van der Waals surface area contributed by atoms with Crippen molar-refractivity contribution in [2.75, 3.05) is 11.9 Å². The molecule has 0 saturated heterocycles. The molecule has 0 aromatic heterocycles. The lowest BCUT2D eigenvalue weighted by atomic mass is 10.0. The lowest BCUT2D eigenvalue weighted by molar-refractivity contribution is -0.117. The third kappa shape index (κ3) is 4.70. The fourth-order valence-corrected chi connectivity index (χ4v) is 3.34. The number of benzene rings is 2.